The van der Waals surface area contributed by atoms with Crippen molar-refractivity contribution in [3.8, 4) is 6.07 Å². The van der Waals surface area contributed by atoms with E-state index in [-0.39, 0.29) is 16.8 Å². The Morgan fingerprint density at radius 1 is 1.13 bits per heavy atom. The van der Waals surface area contributed by atoms with Gasteiger partial charge in [-0.15, -0.1) is 0 Å². The van der Waals surface area contributed by atoms with Crippen LogP contribution in [0.1, 0.15) is 15.9 Å². The monoisotopic (exact) mass is 325 g/mol. The van der Waals surface area contributed by atoms with Crippen LogP contribution in [0.3, 0.4) is 0 Å². The molecule has 0 aliphatic rings. The molecule has 5 nitrogen and oxygen atoms in total. The van der Waals surface area contributed by atoms with Gasteiger partial charge in [-0.1, -0.05) is 41.9 Å². The molecule has 0 atom stereocenters. The van der Waals surface area contributed by atoms with Gasteiger partial charge >= 0.3 is 0 Å². The molecule has 2 aromatic carbocycles. The van der Waals surface area contributed by atoms with Crippen molar-refractivity contribution in [1.29, 1.82) is 5.26 Å². The van der Waals surface area contributed by atoms with Crippen molar-refractivity contribution in [2.45, 2.75) is 0 Å². The van der Waals surface area contributed by atoms with E-state index in [1.807, 2.05) is 0 Å². The lowest BCUT2D eigenvalue weighted by Gasteiger charge is -2.11. The summed E-state index contributed by atoms with van der Waals surface area (Å²) in [5.41, 5.74) is 0.356. The summed E-state index contributed by atoms with van der Waals surface area (Å²) < 4.78 is 0. The second kappa shape index (κ2) is 7.25. The van der Waals surface area contributed by atoms with Gasteiger partial charge in [0.05, 0.1) is 11.7 Å². The van der Waals surface area contributed by atoms with Crippen LogP contribution in [0.2, 0.25) is 5.02 Å². The number of rotatable bonds is 4. The lowest BCUT2D eigenvalue weighted by molar-refractivity contribution is -0.254. The molecule has 0 bridgehead atoms. The summed E-state index contributed by atoms with van der Waals surface area (Å²) in [6, 6.07) is 14.2. The van der Waals surface area contributed by atoms with E-state index in [2.05, 4.69) is 5.32 Å². The van der Waals surface area contributed by atoms with E-state index in [9.17, 15) is 14.7 Å². The lowest BCUT2D eigenvalue weighted by atomic mass is 10.1. The van der Waals surface area contributed by atoms with E-state index in [0.29, 0.717) is 10.6 Å². The normalized spacial score (nSPS) is 10.7. The molecule has 0 fully saturated rings. The summed E-state index contributed by atoms with van der Waals surface area (Å²) in [7, 11) is 0. The molecule has 0 radical (unpaired) electrons. The molecular weight excluding hydrogens is 316 g/mol. The second-order valence-electron chi connectivity index (χ2n) is 4.51. The van der Waals surface area contributed by atoms with Crippen LogP contribution >= 0.6 is 11.6 Å². The molecule has 6 heteroatoms. The highest BCUT2D eigenvalue weighted by atomic mass is 35.5. The molecule has 1 N–H and O–H groups in total. The van der Waals surface area contributed by atoms with Crippen LogP contribution in [-0.4, -0.2) is 11.9 Å². The Labute approximate surface area is 137 Å². The first kappa shape index (κ1) is 16.3. The van der Waals surface area contributed by atoms with Crippen LogP contribution in [0, 0.1) is 11.3 Å². The van der Waals surface area contributed by atoms with Crippen LogP contribution in [-0.2, 0) is 4.79 Å². The van der Waals surface area contributed by atoms with Gasteiger partial charge in [0, 0.05) is 10.6 Å². The second-order valence-corrected chi connectivity index (χ2v) is 4.94. The van der Waals surface area contributed by atoms with Crippen LogP contribution in [0.4, 0.5) is 5.69 Å². The molecule has 1 amide bonds. The largest absolute Gasteiger partial charge is 0.545 e. The topological polar surface area (TPSA) is 93.0 Å². The maximum atomic E-state index is 12.1. The van der Waals surface area contributed by atoms with E-state index in [4.69, 9.17) is 16.9 Å². The zero-order chi connectivity index (χ0) is 16.8. The Morgan fingerprint density at radius 3 is 2.39 bits per heavy atom. The zero-order valence-electron chi connectivity index (χ0n) is 11.7. The van der Waals surface area contributed by atoms with Crippen molar-refractivity contribution in [3.05, 3.63) is 70.3 Å². The number of nitrogens with one attached hydrogen (secondary N) is 1. The number of aromatic carboxylic acids is 1. The molecular formula is C17H10ClN2O3-. The standard InChI is InChI=1S/C17H11ClN2O3/c18-13-7-5-11(6-8-13)9-12(10-19)16(21)20-15-4-2-1-3-14(15)17(22)23/h1-9H,(H,20,21)(H,22,23)/p-1/b12-9+. The molecule has 0 saturated heterocycles. The minimum Gasteiger partial charge on any atom is -0.545 e. The van der Waals surface area contributed by atoms with Crippen molar-refractivity contribution >= 4 is 35.2 Å². The van der Waals surface area contributed by atoms with E-state index in [0.717, 1.165) is 0 Å². The number of carboxylic acids is 1. The minimum atomic E-state index is -1.42. The van der Waals surface area contributed by atoms with E-state index < -0.39 is 11.9 Å². The Hall–Kier alpha value is -3.10. The molecule has 0 spiro atoms. The predicted octanol–water partition coefficient (Wildman–Crippen LogP) is 2.25. The Morgan fingerprint density at radius 2 is 1.78 bits per heavy atom. The Bertz CT molecular complexity index is 820. The lowest BCUT2D eigenvalue weighted by Crippen LogP contribution is -2.25. The first-order valence-corrected chi connectivity index (χ1v) is 6.88. The summed E-state index contributed by atoms with van der Waals surface area (Å²) in [5, 5.41) is 23.1. The highest BCUT2D eigenvalue weighted by Gasteiger charge is 2.12. The van der Waals surface area contributed by atoms with E-state index >= 15 is 0 Å². The van der Waals surface area contributed by atoms with Crippen LogP contribution in [0.5, 0.6) is 0 Å². The van der Waals surface area contributed by atoms with E-state index in [1.54, 1.807) is 36.4 Å². The van der Waals surface area contributed by atoms with Crippen LogP contribution in [0.25, 0.3) is 6.08 Å². The van der Waals surface area contributed by atoms with Gasteiger partial charge in [0.15, 0.2) is 0 Å². The Balaban J connectivity index is 2.27. The van der Waals surface area contributed by atoms with Crippen LogP contribution < -0.4 is 10.4 Å². The number of amides is 1. The molecule has 114 valence electrons. The number of nitriles is 1. The van der Waals surface area contributed by atoms with Crippen molar-refractivity contribution in [3.63, 3.8) is 0 Å². The molecule has 0 heterocycles. The molecule has 0 aliphatic heterocycles. The molecule has 0 aliphatic carbocycles. The quantitative estimate of drug-likeness (QED) is 0.689. The number of carbonyl (C=O) groups excluding carboxylic acids is 2. The minimum absolute atomic E-state index is 0.0646. The van der Waals surface area contributed by atoms with E-state index in [1.165, 1.54) is 24.3 Å². The van der Waals surface area contributed by atoms with Gasteiger partial charge in [0.25, 0.3) is 5.91 Å². The number of hydrogen-bond donors (Lipinski definition) is 1. The predicted molar refractivity (Wildman–Crippen MR) is 84.4 cm³/mol. The average Bonchev–Trinajstić information content (AvgIpc) is 2.54. The molecule has 2 rings (SSSR count). The highest BCUT2D eigenvalue weighted by molar-refractivity contribution is 6.30. The average molecular weight is 326 g/mol. The van der Waals surface area contributed by atoms with Gasteiger partial charge in [-0.05, 0) is 29.8 Å². The first-order valence-electron chi connectivity index (χ1n) is 6.50. The van der Waals surface area contributed by atoms with Crippen molar-refractivity contribution in [1.82, 2.24) is 0 Å². The number of carboxylic acid groups (broad SMARTS) is 1. The van der Waals surface area contributed by atoms with Gasteiger partial charge in [0.1, 0.15) is 11.6 Å². The first-order chi connectivity index (χ1) is 11.0. The number of carbonyl (C=O) groups is 2. The maximum absolute atomic E-state index is 12.1. The molecule has 23 heavy (non-hydrogen) atoms. The third-order valence-electron chi connectivity index (χ3n) is 2.94. The van der Waals surface area contributed by atoms with Gasteiger partial charge < -0.3 is 15.2 Å². The smallest absolute Gasteiger partial charge is 0.266 e. The summed E-state index contributed by atoms with van der Waals surface area (Å²) >= 11 is 5.77. The summed E-state index contributed by atoms with van der Waals surface area (Å²) in [5.74, 6) is -2.13. The van der Waals surface area contributed by atoms with Crippen molar-refractivity contribution in [2.24, 2.45) is 0 Å². The molecule has 0 unspecified atom stereocenters. The fourth-order valence-corrected chi connectivity index (χ4v) is 1.96. The third-order valence-corrected chi connectivity index (χ3v) is 3.19. The number of para-hydroxylation sites is 1. The summed E-state index contributed by atoms with van der Waals surface area (Å²) in [6.45, 7) is 0. The summed E-state index contributed by atoms with van der Waals surface area (Å²) in [6.07, 6.45) is 1.38. The number of nitrogens with zero attached hydrogens (tertiary/aromatic N) is 1. The Kier molecular flexibility index (Phi) is 5.13. The maximum Gasteiger partial charge on any atom is 0.266 e. The third kappa shape index (κ3) is 4.19. The van der Waals surface area contributed by atoms with Gasteiger partial charge in [-0.25, -0.2) is 0 Å². The number of halogens is 1. The molecule has 0 aromatic heterocycles. The van der Waals surface area contributed by atoms with Gasteiger partial charge in [-0.3, -0.25) is 4.79 Å². The zero-order valence-corrected chi connectivity index (χ0v) is 12.5. The fraction of sp³-hybridized carbons (Fsp3) is 0. The van der Waals surface area contributed by atoms with Gasteiger partial charge in [0.2, 0.25) is 0 Å². The highest BCUT2D eigenvalue weighted by Crippen LogP contribution is 2.17. The fourth-order valence-electron chi connectivity index (χ4n) is 1.83. The number of benzene rings is 2. The van der Waals surface area contributed by atoms with Crippen molar-refractivity contribution < 1.29 is 14.7 Å². The number of anilines is 1. The van der Waals surface area contributed by atoms with Crippen LogP contribution in [0.15, 0.2) is 54.1 Å². The molecule has 2 aromatic rings. The SMILES string of the molecule is N#C/C(=C\c1ccc(Cl)cc1)C(=O)Nc1ccccc1C(=O)[O-]. The molecule has 0 saturated carbocycles. The van der Waals surface area contributed by atoms with Gasteiger partial charge in [-0.2, -0.15) is 5.26 Å². The summed E-state index contributed by atoms with van der Waals surface area (Å²) in [4.78, 5) is 23.2. The van der Waals surface area contributed by atoms with Crippen molar-refractivity contribution in [2.75, 3.05) is 5.32 Å². The number of hydrogen-bond acceptors (Lipinski definition) is 4.